The Balaban J connectivity index is 2.79. The van der Waals surface area contributed by atoms with E-state index in [4.69, 9.17) is 10.6 Å². The molecule has 1 aliphatic heterocycles. The second kappa shape index (κ2) is 2.77. The van der Waals surface area contributed by atoms with E-state index < -0.39 is 24.2 Å². The van der Waals surface area contributed by atoms with Crippen LogP contribution in [0.1, 0.15) is 6.92 Å². The molecule has 6 nitrogen and oxygen atoms in total. The van der Waals surface area contributed by atoms with Gasteiger partial charge < -0.3 is 9.84 Å². The van der Waals surface area contributed by atoms with Gasteiger partial charge in [-0.05, 0) is 12.5 Å². The van der Waals surface area contributed by atoms with Crippen LogP contribution in [-0.4, -0.2) is 29.3 Å². The molecule has 1 rings (SSSR count). The van der Waals surface area contributed by atoms with E-state index in [1.807, 2.05) is 0 Å². The van der Waals surface area contributed by atoms with Gasteiger partial charge in [-0.25, -0.2) is 0 Å². The van der Waals surface area contributed by atoms with Crippen molar-refractivity contribution in [2.45, 2.75) is 25.2 Å². The number of hydrogen-bond donors (Lipinski definition) is 1. The van der Waals surface area contributed by atoms with Crippen LogP contribution in [0.3, 0.4) is 0 Å². The number of esters is 1. The van der Waals surface area contributed by atoms with Crippen LogP contribution in [0, 0.1) is 0 Å². The fourth-order valence-electron chi connectivity index (χ4n) is 0.890. The Morgan fingerprint density at radius 3 is 2.82 bits per heavy atom. The van der Waals surface area contributed by atoms with Crippen LogP contribution in [0.5, 0.6) is 0 Å². The molecule has 3 atom stereocenters. The summed E-state index contributed by atoms with van der Waals surface area (Å²) >= 11 is 0. The molecular formula is C5H7N3O3. The molecule has 1 saturated heterocycles. The van der Waals surface area contributed by atoms with E-state index in [9.17, 15) is 4.79 Å². The first-order valence-corrected chi connectivity index (χ1v) is 3.09. The van der Waals surface area contributed by atoms with Crippen molar-refractivity contribution < 1.29 is 14.6 Å². The highest BCUT2D eigenvalue weighted by atomic mass is 16.6. The van der Waals surface area contributed by atoms with Crippen molar-refractivity contribution in [1.29, 1.82) is 0 Å². The summed E-state index contributed by atoms with van der Waals surface area (Å²) in [6, 6.07) is -1.07. The molecule has 1 heterocycles. The number of rotatable bonds is 1. The quantitative estimate of drug-likeness (QED) is 0.250. The lowest BCUT2D eigenvalue weighted by Crippen LogP contribution is -2.27. The van der Waals surface area contributed by atoms with E-state index in [1.54, 1.807) is 0 Å². The van der Waals surface area contributed by atoms with Gasteiger partial charge in [0.05, 0.1) is 0 Å². The Labute approximate surface area is 62.4 Å². The number of carbonyl (C=O) groups is 1. The number of azide groups is 1. The molecule has 60 valence electrons. The summed E-state index contributed by atoms with van der Waals surface area (Å²) in [6.07, 6.45) is -1.60. The fraction of sp³-hybridized carbons (Fsp3) is 0.800. The molecule has 0 radical (unpaired) electrons. The molecule has 11 heavy (non-hydrogen) atoms. The third kappa shape index (κ3) is 1.26. The summed E-state index contributed by atoms with van der Waals surface area (Å²) in [5.74, 6) is -0.664. The molecule has 0 aromatic carbocycles. The van der Waals surface area contributed by atoms with Gasteiger partial charge in [-0.1, -0.05) is 5.11 Å². The van der Waals surface area contributed by atoms with Crippen LogP contribution >= 0.6 is 0 Å². The second-order valence-corrected chi connectivity index (χ2v) is 2.28. The molecule has 0 aromatic heterocycles. The van der Waals surface area contributed by atoms with E-state index in [2.05, 4.69) is 14.8 Å². The Morgan fingerprint density at radius 1 is 1.82 bits per heavy atom. The lowest BCUT2D eigenvalue weighted by molar-refractivity contribution is -0.141. The number of cyclic esters (lactones) is 1. The third-order valence-electron chi connectivity index (χ3n) is 1.52. The Kier molecular flexibility index (Phi) is 1.98. The molecule has 0 saturated carbocycles. The number of aliphatic hydroxyl groups is 1. The summed E-state index contributed by atoms with van der Waals surface area (Å²) in [7, 11) is 0. The van der Waals surface area contributed by atoms with Crippen LogP contribution in [0.25, 0.3) is 10.4 Å². The van der Waals surface area contributed by atoms with Crippen LogP contribution < -0.4 is 0 Å². The van der Waals surface area contributed by atoms with Crippen LogP contribution in [0.15, 0.2) is 5.11 Å². The zero-order valence-electron chi connectivity index (χ0n) is 5.84. The molecule has 0 spiro atoms. The van der Waals surface area contributed by atoms with Crippen LogP contribution in [-0.2, 0) is 9.53 Å². The highest BCUT2D eigenvalue weighted by Gasteiger charge is 2.40. The van der Waals surface area contributed by atoms with E-state index >= 15 is 0 Å². The van der Waals surface area contributed by atoms with Gasteiger partial charge in [-0.15, -0.1) is 0 Å². The number of carbonyl (C=O) groups excluding carboxylic acids is 1. The molecule has 0 aliphatic carbocycles. The van der Waals surface area contributed by atoms with E-state index in [0.29, 0.717) is 0 Å². The maximum atomic E-state index is 10.7. The van der Waals surface area contributed by atoms with Gasteiger partial charge in [-0.3, -0.25) is 4.79 Å². The third-order valence-corrected chi connectivity index (χ3v) is 1.52. The average molecular weight is 157 g/mol. The smallest absolute Gasteiger partial charge is 0.318 e. The summed E-state index contributed by atoms with van der Waals surface area (Å²) in [5, 5.41) is 12.2. The minimum atomic E-state index is -1.07. The zero-order valence-corrected chi connectivity index (χ0v) is 5.84. The van der Waals surface area contributed by atoms with Crippen molar-refractivity contribution >= 4 is 5.97 Å². The molecule has 1 N–H and O–H groups in total. The topological polar surface area (TPSA) is 95.3 Å². The highest BCUT2D eigenvalue weighted by molar-refractivity contribution is 5.79. The van der Waals surface area contributed by atoms with E-state index in [-0.39, 0.29) is 0 Å². The monoisotopic (exact) mass is 157 g/mol. The van der Waals surface area contributed by atoms with Gasteiger partial charge in [0.2, 0.25) is 0 Å². The first-order chi connectivity index (χ1) is 5.16. The first kappa shape index (κ1) is 7.84. The molecule has 6 heteroatoms. The van der Waals surface area contributed by atoms with Crippen molar-refractivity contribution in [3.05, 3.63) is 10.4 Å². The van der Waals surface area contributed by atoms with Crippen molar-refractivity contribution in [3.8, 4) is 0 Å². The molecular weight excluding hydrogens is 150 g/mol. The molecule has 0 amide bonds. The summed E-state index contributed by atoms with van der Waals surface area (Å²) in [4.78, 5) is 13.2. The highest BCUT2D eigenvalue weighted by Crippen LogP contribution is 2.17. The first-order valence-electron chi connectivity index (χ1n) is 3.09. The zero-order chi connectivity index (χ0) is 8.43. The largest absolute Gasteiger partial charge is 0.459 e. The van der Waals surface area contributed by atoms with Crippen LogP contribution in [0.2, 0.25) is 0 Å². The minimum Gasteiger partial charge on any atom is -0.459 e. The summed E-state index contributed by atoms with van der Waals surface area (Å²) < 4.78 is 4.58. The summed E-state index contributed by atoms with van der Waals surface area (Å²) in [5.41, 5.74) is 7.99. The second-order valence-electron chi connectivity index (χ2n) is 2.28. The van der Waals surface area contributed by atoms with Crippen molar-refractivity contribution in [3.63, 3.8) is 0 Å². The lowest BCUT2D eigenvalue weighted by Gasteiger charge is -2.05. The lowest BCUT2D eigenvalue weighted by atomic mass is 10.1. The van der Waals surface area contributed by atoms with Crippen molar-refractivity contribution in [2.75, 3.05) is 0 Å². The van der Waals surface area contributed by atoms with Gasteiger partial charge in [0.15, 0.2) is 6.04 Å². The Bertz CT molecular complexity index is 223. The van der Waals surface area contributed by atoms with Gasteiger partial charge in [-0.2, -0.15) is 0 Å². The Hall–Kier alpha value is -1.26. The summed E-state index contributed by atoms with van der Waals surface area (Å²) in [6.45, 7) is 1.54. The SMILES string of the molecule is CC1OC(=O)C(N=[N+]=[N-])C1O. The Morgan fingerprint density at radius 2 is 2.45 bits per heavy atom. The molecule has 0 bridgehead atoms. The van der Waals surface area contributed by atoms with E-state index in [1.165, 1.54) is 6.92 Å². The molecule has 1 fully saturated rings. The number of hydrogen-bond acceptors (Lipinski definition) is 4. The predicted molar refractivity (Wildman–Crippen MR) is 34.5 cm³/mol. The maximum absolute atomic E-state index is 10.7. The molecule has 0 aromatic rings. The van der Waals surface area contributed by atoms with E-state index in [0.717, 1.165) is 0 Å². The normalized spacial score (nSPS) is 36.2. The predicted octanol–water partition coefficient (Wildman–Crippen LogP) is -0.0285. The van der Waals surface area contributed by atoms with Gasteiger partial charge >= 0.3 is 5.97 Å². The van der Waals surface area contributed by atoms with Crippen LogP contribution in [0.4, 0.5) is 0 Å². The number of nitrogens with zero attached hydrogens (tertiary/aromatic N) is 3. The average Bonchev–Trinajstić information content (AvgIpc) is 2.17. The minimum absolute atomic E-state index is 0.585. The fourth-order valence-corrected chi connectivity index (χ4v) is 0.890. The van der Waals surface area contributed by atoms with Crippen molar-refractivity contribution in [2.24, 2.45) is 5.11 Å². The standard InChI is InChI=1S/C5H7N3O3/c1-2-4(9)3(7-8-6)5(10)11-2/h2-4,9H,1H3. The molecule has 3 unspecified atom stereocenters. The van der Waals surface area contributed by atoms with Gasteiger partial charge in [0, 0.05) is 4.91 Å². The number of ether oxygens (including phenoxy) is 1. The number of aliphatic hydroxyl groups excluding tert-OH is 1. The van der Waals surface area contributed by atoms with Gasteiger partial charge in [0.1, 0.15) is 12.2 Å². The van der Waals surface area contributed by atoms with Crippen molar-refractivity contribution in [1.82, 2.24) is 0 Å². The molecule has 1 aliphatic rings. The van der Waals surface area contributed by atoms with Gasteiger partial charge in [0.25, 0.3) is 0 Å². The maximum Gasteiger partial charge on any atom is 0.318 e.